The Morgan fingerprint density at radius 3 is 2.50 bits per heavy atom. The Balaban J connectivity index is 2.29. The largest absolute Gasteiger partial charge is 0.382 e. The molecule has 1 amide bonds. The summed E-state index contributed by atoms with van der Waals surface area (Å²) in [5.41, 5.74) is 6.68. The lowest BCUT2D eigenvalue weighted by molar-refractivity contribution is 0.0907. The van der Waals surface area contributed by atoms with Crippen molar-refractivity contribution in [2.24, 2.45) is 0 Å². The van der Waals surface area contributed by atoms with Gasteiger partial charge in [-0.2, -0.15) is 0 Å². The van der Waals surface area contributed by atoms with Crippen LogP contribution in [-0.4, -0.2) is 21.0 Å². The zero-order valence-corrected chi connectivity index (χ0v) is 11.9. The van der Waals surface area contributed by atoms with Gasteiger partial charge in [0.25, 0.3) is 5.91 Å². The third-order valence-corrected chi connectivity index (χ3v) is 3.03. The first kappa shape index (κ1) is 14.0. The van der Waals surface area contributed by atoms with Crippen molar-refractivity contribution in [3.05, 3.63) is 35.1 Å². The molecule has 2 aromatic rings. The minimum Gasteiger partial charge on any atom is -0.382 e. The van der Waals surface area contributed by atoms with Gasteiger partial charge in [0, 0.05) is 18.0 Å². The number of hydrogen-bond acceptors (Lipinski definition) is 6. The van der Waals surface area contributed by atoms with Gasteiger partial charge in [0.1, 0.15) is 5.76 Å². The standard InChI is InChI=1S/C13H17N5O2/c1-7-9(8(2)20-18-7)13(3,4)17-12(19)10-11(14)16-6-5-15-10/h5-6H,1-4H3,(H2,14,16)(H,17,19). The third-order valence-electron chi connectivity index (χ3n) is 3.03. The summed E-state index contributed by atoms with van der Waals surface area (Å²) in [6.45, 7) is 7.37. The van der Waals surface area contributed by atoms with Crippen molar-refractivity contribution in [3.8, 4) is 0 Å². The molecule has 20 heavy (non-hydrogen) atoms. The third kappa shape index (κ3) is 2.47. The van der Waals surface area contributed by atoms with E-state index >= 15 is 0 Å². The van der Waals surface area contributed by atoms with E-state index in [-0.39, 0.29) is 17.4 Å². The number of nitrogens with two attached hydrogens (primary N) is 1. The molecule has 7 nitrogen and oxygen atoms in total. The van der Waals surface area contributed by atoms with Crippen molar-refractivity contribution in [2.75, 3.05) is 5.73 Å². The maximum atomic E-state index is 12.3. The molecule has 0 spiro atoms. The van der Waals surface area contributed by atoms with E-state index in [1.807, 2.05) is 20.8 Å². The topological polar surface area (TPSA) is 107 Å². The number of anilines is 1. The lowest BCUT2D eigenvalue weighted by Gasteiger charge is -2.26. The molecule has 0 aliphatic rings. The highest BCUT2D eigenvalue weighted by atomic mass is 16.5. The van der Waals surface area contributed by atoms with Gasteiger partial charge in [-0.15, -0.1) is 0 Å². The predicted octanol–water partition coefficient (Wildman–Crippen LogP) is 1.33. The van der Waals surface area contributed by atoms with Crippen LogP contribution in [0.25, 0.3) is 0 Å². The van der Waals surface area contributed by atoms with E-state index in [1.165, 1.54) is 12.4 Å². The highest BCUT2D eigenvalue weighted by Gasteiger charge is 2.30. The molecule has 0 saturated carbocycles. The molecule has 3 N–H and O–H groups in total. The van der Waals surface area contributed by atoms with Crippen LogP contribution in [0.4, 0.5) is 5.82 Å². The fraction of sp³-hybridized carbons (Fsp3) is 0.385. The SMILES string of the molecule is Cc1noc(C)c1C(C)(C)NC(=O)c1nccnc1N. The molecule has 0 bridgehead atoms. The monoisotopic (exact) mass is 275 g/mol. The zero-order valence-electron chi connectivity index (χ0n) is 11.9. The van der Waals surface area contributed by atoms with Crippen LogP contribution in [0.3, 0.4) is 0 Å². The minimum atomic E-state index is -0.658. The summed E-state index contributed by atoms with van der Waals surface area (Å²) in [5.74, 6) is 0.375. The number of aryl methyl sites for hydroxylation is 2. The fourth-order valence-corrected chi connectivity index (χ4v) is 2.30. The summed E-state index contributed by atoms with van der Waals surface area (Å²) in [6.07, 6.45) is 2.86. The van der Waals surface area contributed by atoms with Gasteiger partial charge in [0.05, 0.1) is 11.2 Å². The van der Waals surface area contributed by atoms with Crippen molar-refractivity contribution >= 4 is 11.7 Å². The average Bonchev–Trinajstić information content (AvgIpc) is 2.69. The van der Waals surface area contributed by atoms with Gasteiger partial charge in [-0.3, -0.25) is 4.79 Å². The Labute approximate surface area is 116 Å². The minimum absolute atomic E-state index is 0.0968. The Bertz CT molecular complexity index is 628. The molecule has 2 heterocycles. The number of rotatable bonds is 3. The van der Waals surface area contributed by atoms with Gasteiger partial charge in [-0.25, -0.2) is 9.97 Å². The van der Waals surface area contributed by atoms with Gasteiger partial charge in [0.2, 0.25) is 0 Å². The van der Waals surface area contributed by atoms with Gasteiger partial charge in [-0.1, -0.05) is 5.16 Å². The number of aromatic nitrogens is 3. The van der Waals surface area contributed by atoms with E-state index in [0.29, 0.717) is 5.76 Å². The van der Waals surface area contributed by atoms with Crippen LogP contribution >= 0.6 is 0 Å². The maximum absolute atomic E-state index is 12.3. The van der Waals surface area contributed by atoms with Crippen LogP contribution in [-0.2, 0) is 5.54 Å². The van der Waals surface area contributed by atoms with Crippen LogP contribution in [0.1, 0.15) is 41.4 Å². The first-order chi connectivity index (χ1) is 9.33. The second-order valence-corrected chi connectivity index (χ2v) is 5.07. The Hall–Kier alpha value is -2.44. The molecular weight excluding hydrogens is 258 g/mol. The average molecular weight is 275 g/mol. The molecule has 0 saturated heterocycles. The molecule has 0 fully saturated rings. The van der Waals surface area contributed by atoms with Crippen LogP contribution in [0, 0.1) is 13.8 Å². The predicted molar refractivity (Wildman–Crippen MR) is 72.9 cm³/mol. The van der Waals surface area contributed by atoms with Crippen LogP contribution < -0.4 is 11.1 Å². The van der Waals surface area contributed by atoms with Crippen molar-refractivity contribution in [1.29, 1.82) is 0 Å². The van der Waals surface area contributed by atoms with E-state index in [0.717, 1.165) is 11.3 Å². The van der Waals surface area contributed by atoms with Crippen molar-refractivity contribution in [1.82, 2.24) is 20.4 Å². The quantitative estimate of drug-likeness (QED) is 0.875. The number of amides is 1. The van der Waals surface area contributed by atoms with E-state index < -0.39 is 5.54 Å². The lowest BCUT2D eigenvalue weighted by Crippen LogP contribution is -2.42. The number of nitrogen functional groups attached to an aromatic ring is 1. The highest BCUT2D eigenvalue weighted by molar-refractivity contribution is 5.96. The second kappa shape index (κ2) is 4.92. The van der Waals surface area contributed by atoms with Crippen LogP contribution in [0.15, 0.2) is 16.9 Å². The molecule has 7 heteroatoms. The maximum Gasteiger partial charge on any atom is 0.274 e. The number of carbonyl (C=O) groups excluding carboxylic acids is 1. The lowest BCUT2D eigenvalue weighted by atomic mass is 9.92. The summed E-state index contributed by atoms with van der Waals surface area (Å²) in [6, 6.07) is 0. The molecular formula is C13H17N5O2. The second-order valence-electron chi connectivity index (χ2n) is 5.07. The first-order valence-corrected chi connectivity index (χ1v) is 6.15. The molecule has 2 aromatic heterocycles. The Kier molecular flexibility index (Phi) is 3.44. The van der Waals surface area contributed by atoms with Crippen LogP contribution in [0.5, 0.6) is 0 Å². The highest BCUT2D eigenvalue weighted by Crippen LogP contribution is 2.27. The first-order valence-electron chi connectivity index (χ1n) is 6.15. The van der Waals surface area contributed by atoms with E-state index in [2.05, 4.69) is 20.4 Å². The number of nitrogens with zero attached hydrogens (tertiary/aromatic N) is 3. The summed E-state index contributed by atoms with van der Waals surface area (Å²) < 4.78 is 5.14. The number of hydrogen-bond donors (Lipinski definition) is 2. The van der Waals surface area contributed by atoms with Gasteiger partial charge < -0.3 is 15.6 Å². The normalized spacial score (nSPS) is 11.4. The Morgan fingerprint density at radius 2 is 1.95 bits per heavy atom. The molecule has 2 rings (SSSR count). The zero-order chi connectivity index (χ0) is 14.9. The van der Waals surface area contributed by atoms with Gasteiger partial charge >= 0.3 is 0 Å². The van der Waals surface area contributed by atoms with Crippen molar-refractivity contribution in [2.45, 2.75) is 33.2 Å². The van der Waals surface area contributed by atoms with E-state index in [9.17, 15) is 4.79 Å². The van der Waals surface area contributed by atoms with Crippen molar-refractivity contribution < 1.29 is 9.32 Å². The smallest absolute Gasteiger partial charge is 0.274 e. The summed E-state index contributed by atoms with van der Waals surface area (Å²) in [7, 11) is 0. The molecule has 0 aliphatic carbocycles. The summed E-state index contributed by atoms with van der Waals surface area (Å²) in [4.78, 5) is 20.1. The number of carbonyl (C=O) groups is 1. The molecule has 0 aromatic carbocycles. The summed E-state index contributed by atoms with van der Waals surface area (Å²) in [5, 5.41) is 6.78. The van der Waals surface area contributed by atoms with Crippen LogP contribution in [0.2, 0.25) is 0 Å². The molecule has 106 valence electrons. The fourth-order valence-electron chi connectivity index (χ4n) is 2.30. The molecule has 0 radical (unpaired) electrons. The molecule has 0 atom stereocenters. The molecule has 0 aliphatic heterocycles. The van der Waals surface area contributed by atoms with E-state index in [4.69, 9.17) is 10.3 Å². The molecule has 0 unspecified atom stereocenters. The van der Waals surface area contributed by atoms with Gasteiger partial charge in [0.15, 0.2) is 11.5 Å². The van der Waals surface area contributed by atoms with Crippen molar-refractivity contribution in [3.63, 3.8) is 0 Å². The Morgan fingerprint density at radius 1 is 1.30 bits per heavy atom. The summed E-state index contributed by atoms with van der Waals surface area (Å²) >= 11 is 0. The number of nitrogens with one attached hydrogen (secondary N) is 1. The van der Waals surface area contributed by atoms with Gasteiger partial charge in [-0.05, 0) is 27.7 Å². The van der Waals surface area contributed by atoms with E-state index in [1.54, 1.807) is 6.92 Å².